The van der Waals surface area contributed by atoms with Gasteiger partial charge < -0.3 is 9.88 Å². The van der Waals surface area contributed by atoms with Gasteiger partial charge in [0.1, 0.15) is 28.1 Å². The van der Waals surface area contributed by atoms with Crippen LogP contribution in [0.4, 0.5) is 5.82 Å². The van der Waals surface area contributed by atoms with Crippen molar-refractivity contribution < 1.29 is 0 Å². The quantitative estimate of drug-likeness (QED) is 0.771. The molecule has 0 bridgehead atoms. The number of hydrogen-bond donors (Lipinski definition) is 1. The van der Waals surface area contributed by atoms with Crippen molar-refractivity contribution in [3.8, 4) is 0 Å². The number of hydrogen-bond acceptors (Lipinski definition) is 6. The predicted molar refractivity (Wildman–Crippen MR) is 96.7 cm³/mol. The molecule has 7 heteroatoms. The van der Waals surface area contributed by atoms with Crippen LogP contribution in [-0.4, -0.2) is 31.3 Å². The zero-order valence-electron chi connectivity index (χ0n) is 14.2. The van der Waals surface area contributed by atoms with Gasteiger partial charge in [-0.25, -0.2) is 9.97 Å². The van der Waals surface area contributed by atoms with Gasteiger partial charge in [-0.3, -0.25) is 0 Å². The summed E-state index contributed by atoms with van der Waals surface area (Å²) in [4.78, 5) is 11.6. The van der Waals surface area contributed by atoms with Gasteiger partial charge in [0.15, 0.2) is 0 Å². The van der Waals surface area contributed by atoms with E-state index < -0.39 is 0 Å². The monoisotopic (exact) mass is 342 g/mol. The molecule has 0 spiro atoms. The van der Waals surface area contributed by atoms with Crippen LogP contribution in [0.25, 0.3) is 10.2 Å². The van der Waals surface area contributed by atoms with Crippen molar-refractivity contribution in [1.82, 2.24) is 24.7 Å². The molecule has 1 aliphatic rings. The summed E-state index contributed by atoms with van der Waals surface area (Å²) >= 11 is 1.76. The van der Waals surface area contributed by atoms with Crippen LogP contribution < -0.4 is 5.32 Å². The largest absolute Gasteiger partial charge is 0.369 e. The highest BCUT2D eigenvalue weighted by Gasteiger charge is 2.15. The Labute approximate surface area is 145 Å². The zero-order chi connectivity index (χ0) is 16.5. The number of fused-ring (bicyclic) bond motifs is 2. The van der Waals surface area contributed by atoms with E-state index in [0.717, 1.165) is 65.9 Å². The number of aryl methyl sites for hydroxylation is 3. The molecule has 0 fully saturated rings. The summed E-state index contributed by atoms with van der Waals surface area (Å²) in [6.07, 6.45) is 5.41. The van der Waals surface area contributed by atoms with Crippen LogP contribution in [0, 0.1) is 6.92 Å². The van der Waals surface area contributed by atoms with Crippen molar-refractivity contribution in [2.75, 3.05) is 11.9 Å². The molecule has 0 unspecified atom stereocenters. The van der Waals surface area contributed by atoms with Crippen LogP contribution in [0.15, 0.2) is 6.07 Å². The first-order valence-corrected chi connectivity index (χ1v) is 9.48. The first-order valence-electron chi connectivity index (χ1n) is 8.66. The summed E-state index contributed by atoms with van der Waals surface area (Å²) in [5.74, 6) is 3.97. The van der Waals surface area contributed by atoms with Gasteiger partial charge >= 0.3 is 0 Å². The standard InChI is InChI=1S/C17H22N6S/c1-3-12-10-13-16(19-11(2)20-17(13)24-12)18-8-7-15-22-21-14-6-4-5-9-23(14)15/h10H,3-9H2,1-2H3,(H,18,19,20). The maximum Gasteiger partial charge on any atom is 0.138 e. The molecule has 0 radical (unpaired) electrons. The van der Waals surface area contributed by atoms with E-state index in [1.807, 2.05) is 6.92 Å². The van der Waals surface area contributed by atoms with Crippen LogP contribution in [0.2, 0.25) is 0 Å². The molecule has 24 heavy (non-hydrogen) atoms. The van der Waals surface area contributed by atoms with E-state index in [1.165, 1.54) is 17.7 Å². The van der Waals surface area contributed by atoms with Crippen LogP contribution in [0.1, 0.15) is 42.1 Å². The van der Waals surface area contributed by atoms with Crippen LogP contribution >= 0.6 is 11.3 Å². The van der Waals surface area contributed by atoms with Crippen molar-refractivity contribution in [3.63, 3.8) is 0 Å². The maximum absolute atomic E-state index is 4.60. The average molecular weight is 342 g/mol. The molecule has 3 aromatic rings. The van der Waals surface area contributed by atoms with Gasteiger partial charge in [-0.15, -0.1) is 21.5 Å². The van der Waals surface area contributed by atoms with Gasteiger partial charge in [-0.1, -0.05) is 6.92 Å². The number of aromatic nitrogens is 5. The van der Waals surface area contributed by atoms with Crippen molar-refractivity contribution in [2.24, 2.45) is 0 Å². The van der Waals surface area contributed by atoms with E-state index in [-0.39, 0.29) is 0 Å². The summed E-state index contributed by atoms with van der Waals surface area (Å²) in [7, 11) is 0. The van der Waals surface area contributed by atoms with E-state index in [9.17, 15) is 0 Å². The lowest BCUT2D eigenvalue weighted by Crippen LogP contribution is -2.16. The van der Waals surface area contributed by atoms with E-state index in [1.54, 1.807) is 11.3 Å². The second-order valence-corrected chi connectivity index (χ2v) is 7.34. The fourth-order valence-corrected chi connectivity index (χ4v) is 4.25. The highest BCUT2D eigenvalue weighted by molar-refractivity contribution is 7.18. The lowest BCUT2D eigenvalue weighted by Gasteiger charge is -2.14. The van der Waals surface area contributed by atoms with Crippen LogP contribution in [0.5, 0.6) is 0 Å². The van der Waals surface area contributed by atoms with Crippen LogP contribution in [-0.2, 0) is 25.8 Å². The molecule has 0 atom stereocenters. The second kappa shape index (κ2) is 6.47. The van der Waals surface area contributed by atoms with Gasteiger partial charge in [-0.2, -0.15) is 0 Å². The third kappa shape index (κ3) is 2.88. The molecular formula is C17H22N6S. The summed E-state index contributed by atoms with van der Waals surface area (Å²) in [5, 5.41) is 13.3. The minimum Gasteiger partial charge on any atom is -0.369 e. The third-order valence-corrected chi connectivity index (χ3v) is 5.65. The fraction of sp³-hybridized carbons (Fsp3) is 0.529. The molecule has 4 heterocycles. The first kappa shape index (κ1) is 15.5. The molecule has 126 valence electrons. The molecule has 0 aliphatic carbocycles. The fourth-order valence-electron chi connectivity index (χ4n) is 3.23. The molecule has 1 aliphatic heterocycles. The van der Waals surface area contributed by atoms with Crippen molar-refractivity contribution in [3.05, 3.63) is 28.4 Å². The molecule has 3 aromatic heterocycles. The topological polar surface area (TPSA) is 68.5 Å². The van der Waals surface area contributed by atoms with Crippen molar-refractivity contribution in [1.29, 1.82) is 0 Å². The zero-order valence-corrected chi connectivity index (χ0v) is 15.0. The van der Waals surface area contributed by atoms with E-state index in [4.69, 9.17) is 0 Å². The lowest BCUT2D eigenvalue weighted by molar-refractivity contribution is 0.508. The average Bonchev–Trinajstić information content (AvgIpc) is 3.19. The maximum atomic E-state index is 4.60. The number of thiophene rings is 1. The molecule has 4 rings (SSSR count). The van der Waals surface area contributed by atoms with Gasteiger partial charge in [0.25, 0.3) is 0 Å². The van der Waals surface area contributed by atoms with Gasteiger partial charge in [0.2, 0.25) is 0 Å². The molecule has 6 nitrogen and oxygen atoms in total. The SMILES string of the molecule is CCc1cc2c(NCCc3nnc4n3CCCC4)nc(C)nc2s1. The third-order valence-electron chi connectivity index (χ3n) is 4.48. The highest BCUT2D eigenvalue weighted by Crippen LogP contribution is 2.29. The summed E-state index contributed by atoms with van der Waals surface area (Å²) in [6, 6.07) is 2.21. The Morgan fingerprint density at radius 2 is 2.17 bits per heavy atom. The minimum absolute atomic E-state index is 0.807. The highest BCUT2D eigenvalue weighted by atomic mass is 32.1. The Balaban J connectivity index is 1.50. The van der Waals surface area contributed by atoms with E-state index >= 15 is 0 Å². The van der Waals surface area contributed by atoms with Crippen molar-refractivity contribution in [2.45, 2.75) is 52.5 Å². The van der Waals surface area contributed by atoms with Gasteiger partial charge in [0, 0.05) is 30.8 Å². The molecule has 0 saturated carbocycles. The number of rotatable bonds is 5. The van der Waals surface area contributed by atoms with Crippen LogP contribution in [0.3, 0.4) is 0 Å². The molecule has 0 amide bonds. The first-order chi connectivity index (χ1) is 11.7. The molecule has 1 N–H and O–H groups in total. The number of nitrogens with one attached hydrogen (secondary N) is 1. The number of anilines is 1. The Hall–Kier alpha value is -2.02. The number of nitrogens with zero attached hydrogens (tertiary/aromatic N) is 5. The Bertz CT molecular complexity index is 865. The van der Waals surface area contributed by atoms with E-state index in [2.05, 4.69) is 43.0 Å². The predicted octanol–water partition coefficient (Wildman–Crippen LogP) is 3.14. The Morgan fingerprint density at radius 1 is 1.25 bits per heavy atom. The minimum atomic E-state index is 0.807. The van der Waals surface area contributed by atoms with Gasteiger partial charge in [0.05, 0.1) is 5.39 Å². The smallest absolute Gasteiger partial charge is 0.138 e. The Morgan fingerprint density at radius 3 is 3.04 bits per heavy atom. The van der Waals surface area contributed by atoms with Gasteiger partial charge in [-0.05, 0) is 32.3 Å². The molecule has 0 aromatic carbocycles. The van der Waals surface area contributed by atoms with E-state index in [0.29, 0.717) is 0 Å². The lowest BCUT2D eigenvalue weighted by atomic mass is 10.1. The summed E-state index contributed by atoms with van der Waals surface area (Å²) in [6.45, 7) is 5.98. The normalized spacial score (nSPS) is 14.1. The molecular weight excluding hydrogens is 320 g/mol. The van der Waals surface area contributed by atoms with Crippen molar-refractivity contribution >= 4 is 27.4 Å². The second-order valence-electron chi connectivity index (χ2n) is 6.22. The summed E-state index contributed by atoms with van der Waals surface area (Å²) in [5.41, 5.74) is 0. The summed E-state index contributed by atoms with van der Waals surface area (Å²) < 4.78 is 2.28. The Kier molecular flexibility index (Phi) is 4.18. The molecule has 0 saturated heterocycles.